The first kappa shape index (κ1) is 21.6. The number of non-ortho nitro benzene ring substituents is 2. The van der Waals surface area contributed by atoms with Crippen molar-refractivity contribution in [3.63, 3.8) is 0 Å². The van der Waals surface area contributed by atoms with E-state index in [0.717, 1.165) is 29.9 Å². The second kappa shape index (κ2) is 8.35. The predicted octanol–water partition coefficient (Wildman–Crippen LogP) is 2.71. The highest BCUT2D eigenvalue weighted by molar-refractivity contribution is 7.16. The van der Waals surface area contributed by atoms with Crippen molar-refractivity contribution in [2.45, 2.75) is 6.54 Å². The molecule has 11 nitrogen and oxygen atoms in total. The zero-order chi connectivity index (χ0) is 22.9. The lowest BCUT2D eigenvalue weighted by atomic mass is 10.1. The summed E-state index contributed by atoms with van der Waals surface area (Å²) in [5.74, 6) is -3.86. The molecule has 0 bridgehead atoms. The van der Waals surface area contributed by atoms with Gasteiger partial charge in [-0.25, -0.2) is 8.78 Å². The highest BCUT2D eigenvalue weighted by Crippen LogP contribution is 2.24. The van der Waals surface area contributed by atoms with E-state index in [4.69, 9.17) is 0 Å². The van der Waals surface area contributed by atoms with E-state index in [1.807, 2.05) is 0 Å². The van der Waals surface area contributed by atoms with E-state index in [0.29, 0.717) is 23.5 Å². The molecular weight excluding hydrogens is 442 g/mol. The van der Waals surface area contributed by atoms with Gasteiger partial charge >= 0.3 is 5.97 Å². The molecule has 0 aliphatic rings. The normalized spacial score (nSPS) is 11.5. The Labute approximate surface area is 174 Å². The minimum absolute atomic E-state index is 0.0259. The molecule has 0 spiro atoms. The summed E-state index contributed by atoms with van der Waals surface area (Å²) in [5, 5.41) is 22.0. The molecule has 3 aromatic rings. The number of rotatable bonds is 5. The van der Waals surface area contributed by atoms with E-state index in [-0.39, 0.29) is 15.0 Å². The maximum absolute atomic E-state index is 14.3. The van der Waals surface area contributed by atoms with Gasteiger partial charge in [0.2, 0.25) is 0 Å². The number of nitro groups is 2. The van der Waals surface area contributed by atoms with Crippen molar-refractivity contribution < 1.29 is 33.0 Å². The van der Waals surface area contributed by atoms with Crippen molar-refractivity contribution in [1.29, 1.82) is 0 Å². The summed E-state index contributed by atoms with van der Waals surface area (Å²) in [6, 6.07) is 3.80. The van der Waals surface area contributed by atoms with Crippen LogP contribution in [0.1, 0.15) is 10.4 Å². The quantitative estimate of drug-likeness (QED) is 0.328. The van der Waals surface area contributed by atoms with Gasteiger partial charge in [-0.05, 0) is 6.07 Å². The number of aromatic nitrogens is 1. The zero-order valence-electron chi connectivity index (χ0n) is 15.4. The van der Waals surface area contributed by atoms with Crippen LogP contribution in [0.2, 0.25) is 0 Å². The topological polar surface area (TPSA) is 147 Å². The number of carbonyl (C=O) groups excluding carboxylic acids is 2. The monoisotopic (exact) mass is 452 g/mol. The Morgan fingerprint density at radius 2 is 1.71 bits per heavy atom. The third kappa shape index (κ3) is 4.42. The van der Waals surface area contributed by atoms with Crippen molar-refractivity contribution in [3.8, 4) is 0 Å². The van der Waals surface area contributed by atoms with Crippen molar-refractivity contribution in [2.24, 2.45) is 4.99 Å². The molecule has 0 unspecified atom stereocenters. The fourth-order valence-corrected chi connectivity index (χ4v) is 3.70. The van der Waals surface area contributed by atoms with Gasteiger partial charge in [-0.1, -0.05) is 11.3 Å². The second-order valence-electron chi connectivity index (χ2n) is 5.95. The molecule has 160 valence electrons. The summed E-state index contributed by atoms with van der Waals surface area (Å²) >= 11 is 0.669. The van der Waals surface area contributed by atoms with Crippen LogP contribution in [0.15, 0.2) is 35.3 Å². The molecule has 0 fully saturated rings. The molecule has 3 rings (SSSR count). The summed E-state index contributed by atoms with van der Waals surface area (Å²) in [4.78, 5) is 48.0. The van der Waals surface area contributed by atoms with Crippen LogP contribution in [0, 0.1) is 31.9 Å². The lowest BCUT2D eigenvalue weighted by Crippen LogP contribution is -2.23. The molecule has 0 saturated carbocycles. The standard InChI is InChI=1S/C17H10F2N4O7S/c1-30-14(24)7-21-15-12(19)4-9(18)5-13(15)31-17(21)20-16(25)8-2-10(22(26)27)6-11(3-8)23(28)29/h2-6H,7H2,1H3. The first-order valence-corrected chi connectivity index (χ1v) is 9.00. The average Bonchev–Trinajstić information content (AvgIpc) is 3.03. The van der Waals surface area contributed by atoms with Gasteiger partial charge in [-0.3, -0.25) is 29.8 Å². The molecule has 0 aliphatic carbocycles. The Kier molecular flexibility index (Phi) is 5.83. The first-order chi connectivity index (χ1) is 14.6. The van der Waals surface area contributed by atoms with Crippen LogP contribution in [0.3, 0.4) is 0 Å². The van der Waals surface area contributed by atoms with E-state index in [1.165, 1.54) is 0 Å². The van der Waals surface area contributed by atoms with E-state index in [9.17, 15) is 38.6 Å². The number of benzene rings is 2. The van der Waals surface area contributed by atoms with Crippen LogP contribution in [-0.4, -0.2) is 33.4 Å². The molecule has 1 heterocycles. The van der Waals surface area contributed by atoms with Gasteiger partial charge in [-0.2, -0.15) is 4.99 Å². The Bertz CT molecular complexity index is 1300. The van der Waals surface area contributed by atoms with Crippen LogP contribution < -0.4 is 4.80 Å². The summed E-state index contributed by atoms with van der Waals surface area (Å²) in [6.07, 6.45) is 0. The van der Waals surface area contributed by atoms with Gasteiger partial charge in [0.05, 0.1) is 38.8 Å². The number of halogens is 2. The number of hydrogen-bond donors (Lipinski definition) is 0. The number of esters is 1. The summed E-state index contributed by atoms with van der Waals surface area (Å²) in [7, 11) is 1.08. The summed E-state index contributed by atoms with van der Waals surface area (Å²) in [5.41, 5.74) is -2.11. The van der Waals surface area contributed by atoms with E-state index in [2.05, 4.69) is 9.73 Å². The Morgan fingerprint density at radius 3 is 2.26 bits per heavy atom. The van der Waals surface area contributed by atoms with Crippen molar-refractivity contribution in [1.82, 2.24) is 4.57 Å². The van der Waals surface area contributed by atoms with Crippen LogP contribution in [0.4, 0.5) is 20.2 Å². The van der Waals surface area contributed by atoms with Crippen LogP contribution >= 0.6 is 11.3 Å². The molecular formula is C17H10F2N4O7S. The maximum atomic E-state index is 14.3. The third-order valence-corrected chi connectivity index (χ3v) is 5.00. The number of fused-ring (bicyclic) bond motifs is 1. The molecule has 31 heavy (non-hydrogen) atoms. The summed E-state index contributed by atoms with van der Waals surface area (Å²) < 4.78 is 33.5. The fraction of sp³-hybridized carbons (Fsp3) is 0.118. The fourth-order valence-electron chi connectivity index (χ4n) is 2.64. The van der Waals surface area contributed by atoms with Crippen molar-refractivity contribution in [2.75, 3.05) is 7.11 Å². The zero-order valence-corrected chi connectivity index (χ0v) is 16.2. The maximum Gasteiger partial charge on any atom is 0.325 e. The van der Waals surface area contributed by atoms with E-state index in [1.54, 1.807) is 0 Å². The molecule has 0 atom stereocenters. The highest BCUT2D eigenvalue weighted by atomic mass is 32.1. The van der Waals surface area contributed by atoms with Crippen molar-refractivity contribution in [3.05, 3.63) is 72.6 Å². The Morgan fingerprint density at radius 1 is 1.10 bits per heavy atom. The highest BCUT2D eigenvalue weighted by Gasteiger charge is 2.21. The molecule has 14 heteroatoms. The molecule has 0 N–H and O–H groups in total. The van der Waals surface area contributed by atoms with Gasteiger partial charge in [0.25, 0.3) is 17.3 Å². The number of ether oxygens (including phenoxy) is 1. The molecule has 2 aromatic carbocycles. The van der Waals surface area contributed by atoms with Gasteiger partial charge < -0.3 is 9.30 Å². The average molecular weight is 452 g/mol. The Balaban J connectivity index is 2.22. The molecule has 0 aliphatic heterocycles. The molecule has 1 aromatic heterocycles. The summed E-state index contributed by atoms with van der Waals surface area (Å²) in [6.45, 7) is -0.569. The smallest absolute Gasteiger partial charge is 0.325 e. The third-order valence-electron chi connectivity index (χ3n) is 3.98. The number of thiazole rings is 1. The number of carbonyl (C=O) groups is 2. The van der Waals surface area contributed by atoms with E-state index < -0.39 is 56.8 Å². The first-order valence-electron chi connectivity index (χ1n) is 8.19. The minimum atomic E-state index is -1.13. The number of nitro benzene ring substituents is 2. The molecule has 0 saturated heterocycles. The lowest BCUT2D eigenvalue weighted by Gasteiger charge is -2.04. The predicted molar refractivity (Wildman–Crippen MR) is 101 cm³/mol. The molecule has 1 amide bonds. The van der Waals surface area contributed by atoms with Gasteiger partial charge in [0, 0.05) is 18.2 Å². The van der Waals surface area contributed by atoms with Gasteiger partial charge in [0.1, 0.15) is 12.4 Å². The number of methoxy groups -OCH3 is 1. The van der Waals surface area contributed by atoms with Crippen LogP contribution in [0.25, 0.3) is 10.2 Å². The van der Waals surface area contributed by atoms with Crippen molar-refractivity contribution >= 4 is 44.8 Å². The molecule has 0 radical (unpaired) electrons. The largest absolute Gasteiger partial charge is 0.468 e. The Hall–Kier alpha value is -4.07. The number of hydrogen-bond acceptors (Lipinski definition) is 8. The number of amides is 1. The SMILES string of the molecule is COC(=O)Cn1c(=NC(=O)c2cc([N+](=O)[O-])cc([N+](=O)[O-])c2)sc2cc(F)cc(F)c21. The van der Waals surface area contributed by atoms with Crippen LogP contribution in [-0.2, 0) is 16.1 Å². The van der Waals surface area contributed by atoms with E-state index >= 15 is 0 Å². The lowest BCUT2D eigenvalue weighted by molar-refractivity contribution is -0.394. The van der Waals surface area contributed by atoms with Crippen LogP contribution in [0.5, 0.6) is 0 Å². The second-order valence-corrected chi connectivity index (χ2v) is 6.96. The van der Waals surface area contributed by atoms with Gasteiger partial charge in [0.15, 0.2) is 10.6 Å². The number of nitrogens with zero attached hydrogens (tertiary/aromatic N) is 4. The minimum Gasteiger partial charge on any atom is -0.468 e. The van der Waals surface area contributed by atoms with Gasteiger partial charge in [-0.15, -0.1) is 0 Å².